The van der Waals surface area contributed by atoms with Gasteiger partial charge >= 0.3 is 126 Å². The molecule has 0 aliphatic heterocycles. The van der Waals surface area contributed by atoms with Crippen LogP contribution in [-0.4, -0.2) is 37.8 Å². The maximum absolute atomic E-state index is 6.44. The number of benzene rings is 5. The van der Waals surface area contributed by atoms with Crippen molar-refractivity contribution < 1.29 is 24.5 Å². The Morgan fingerprint density at radius 3 is 2.08 bits per heavy atom. The van der Waals surface area contributed by atoms with Crippen LogP contribution in [0.15, 0.2) is 132 Å². The summed E-state index contributed by atoms with van der Waals surface area (Å²) in [5.74, 6) is 9.26. The molecule has 311 valence electrons. The van der Waals surface area contributed by atoms with E-state index in [0.717, 1.165) is 67.9 Å². The van der Waals surface area contributed by atoms with Gasteiger partial charge in [-0.1, -0.05) is 87.2 Å². The number of imidazole rings is 1. The van der Waals surface area contributed by atoms with Crippen molar-refractivity contribution in [2.75, 3.05) is 0 Å². The van der Waals surface area contributed by atoms with Crippen LogP contribution in [0.3, 0.4) is 0 Å². The van der Waals surface area contributed by atoms with Gasteiger partial charge in [-0.2, -0.15) is 0 Å². The molecule has 9 rings (SSSR count). The molecule has 0 unspecified atom stereocenters. The van der Waals surface area contributed by atoms with E-state index in [4.69, 9.17) is 19.4 Å². The van der Waals surface area contributed by atoms with Gasteiger partial charge in [-0.15, -0.1) is 18.2 Å². The molecule has 0 bridgehead atoms. The zero-order valence-corrected chi connectivity index (χ0v) is 41.0. The van der Waals surface area contributed by atoms with Gasteiger partial charge in [-0.05, 0) is 52.3 Å². The van der Waals surface area contributed by atoms with Crippen molar-refractivity contribution >= 4 is 50.8 Å². The minimum Gasteiger partial charge on any atom is -0.501 e. The average Bonchev–Trinajstić information content (AvgIpc) is 3.82. The fourth-order valence-electron chi connectivity index (χ4n) is 8.16. The predicted molar refractivity (Wildman–Crippen MR) is 252 cm³/mol. The molecule has 0 amide bonds. The van der Waals surface area contributed by atoms with Crippen LogP contribution in [-0.2, 0) is 26.5 Å². The molecule has 0 atom stereocenters. The summed E-state index contributed by atoms with van der Waals surface area (Å²) in [6.07, 6.45) is 6.65. The zero-order chi connectivity index (χ0) is 42.1. The molecule has 0 spiro atoms. The van der Waals surface area contributed by atoms with Crippen LogP contribution < -0.4 is 4.40 Å². The van der Waals surface area contributed by atoms with Crippen LogP contribution in [0, 0.1) is 18.1 Å². The Kier molecular flexibility index (Phi) is 13.2. The molecule has 0 saturated heterocycles. The number of hydrogen-bond donors (Lipinski definition) is 0. The van der Waals surface area contributed by atoms with Crippen LogP contribution in [0.5, 0.6) is 0 Å². The molecular formula is C53H53GeIrN5O-2. The van der Waals surface area contributed by atoms with Crippen LogP contribution in [0.25, 0.3) is 72.6 Å². The third kappa shape index (κ3) is 9.06. The summed E-state index contributed by atoms with van der Waals surface area (Å²) in [4.78, 5) is 18.9. The molecule has 5 aromatic carbocycles. The number of pyridine rings is 1. The van der Waals surface area contributed by atoms with Gasteiger partial charge < -0.3 is 8.98 Å². The summed E-state index contributed by atoms with van der Waals surface area (Å²) in [6.45, 7) is 13.6. The van der Waals surface area contributed by atoms with Gasteiger partial charge in [0.1, 0.15) is 17.4 Å². The first kappa shape index (κ1) is 43.9. The Hall–Kier alpha value is -5.21. The van der Waals surface area contributed by atoms with Crippen molar-refractivity contribution in [2.24, 2.45) is 5.92 Å². The molecular weight excluding hydrogens is 987 g/mol. The van der Waals surface area contributed by atoms with Crippen LogP contribution in [0.1, 0.15) is 70.1 Å². The van der Waals surface area contributed by atoms with E-state index < -0.39 is 13.3 Å². The number of nitrogens with zero attached hydrogens (tertiary/aromatic N) is 5. The van der Waals surface area contributed by atoms with Crippen molar-refractivity contribution in [1.29, 1.82) is 0 Å². The molecule has 6 nitrogen and oxygen atoms in total. The van der Waals surface area contributed by atoms with E-state index in [1.165, 1.54) is 27.8 Å². The van der Waals surface area contributed by atoms with E-state index in [9.17, 15) is 0 Å². The summed E-state index contributed by atoms with van der Waals surface area (Å²) in [5, 5.41) is 2.12. The van der Waals surface area contributed by atoms with E-state index in [1.54, 1.807) is 16.9 Å². The van der Waals surface area contributed by atoms with Crippen LogP contribution >= 0.6 is 0 Å². The van der Waals surface area contributed by atoms with Gasteiger partial charge in [0.25, 0.3) is 0 Å². The molecule has 9 aromatic rings. The number of aromatic nitrogens is 5. The Balaban J connectivity index is 0.000000226. The largest absolute Gasteiger partial charge is 0.501 e. The Morgan fingerprint density at radius 1 is 0.705 bits per heavy atom. The quantitative estimate of drug-likeness (QED) is 0.106. The molecule has 0 fully saturated rings. The van der Waals surface area contributed by atoms with Crippen LogP contribution in [0.2, 0.25) is 17.3 Å². The van der Waals surface area contributed by atoms with Crippen molar-refractivity contribution in [1.82, 2.24) is 24.5 Å². The number of furan rings is 1. The Morgan fingerprint density at radius 2 is 1.41 bits per heavy atom. The van der Waals surface area contributed by atoms with Crippen molar-refractivity contribution in [2.45, 2.75) is 77.1 Å². The average molecular weight is 1040 g/mol. The number of rotatable bonds is 9. The van der Waals surface area contributed by atoms with Gasteiger partial charge in [0.2, 0.25) is 0 Å². The molecule has 0 saturated carbocycles. The van der Waals surface area contributed by atoms with Crippen molar-refractivity contribution in [3.05, 3.63) is 157 Å². The van der Waals surface area contributed by atoms with E-state index in [2.05, 4.69) is 153 Å². The monoisotopic (exact) mass is 1040 g/mol. The maximum Gasteiger partial charge on any atom is 0.158 e. The molecule has 1 radical (unpaired) electrons. The second kappa shape index (κ2) is 18.4. The number of para-hydroxylation sites is 1. The molecule has 0 N–H and O–H groups in total. The predicted octanol–water partition coefficient (Wildman–Crippen LogP) is 13.4. The summed E-state index contributed by atoms with van der Waals surface area (Å²) >= 11 is -1.86. The van der Waals surface area contributed by atoms with E-state index in [0.29, 0.717) is 5.92 Å². The van der Waals surface area contributed by atoms with Crippen molar-refractivity contribution in [3.8, 4) is 39.5 Å². The summed E-state index contributed by atoms with van der Waals surface area (Å²) in [5.41, 5.74) is 13.6. The minimum atomic E-state index is -1.86. The molecule has 4 heterocycles. The van der Waals surface area contributed by atoms with Gasteiger partial charge in [0.15, 0.2) is 5.65 Å². The normalized spacial score (nSPS) is 11.7. The minimum absolute atomic E-state index is 0. The number of hydrogen-bond acceptors (Lipinski definition) is 5. The molecule has 61 heavy (non-hydrogen) atoms. The molecule has 0 aliphatic carbocycles. The van der Waals surface area contributed by atoms with Gasteiger partial charge in [0.05, 0.1) is 17.6 Å². The summed E-state index contributed by atoms with van der Waals surface area (Å²) < 4.78 is 10.2. The third-order valence-corrected chi connectivity index (χ3v) is 15.4. The zero-order valence-electron chi connectivity index (χ0n) is 36.5. The first-order valence-electron chi connectivity index (χ1n) is 21.1. The van der Waals surface area contributed by atoms with Crippen molar-refractivity contribution in [3.63, 3.8) is 0 Å². The summed E-state index contributed by atoms with van der Waals surface area (Å²) in [6, 6.07) is 44.5. The molecule has 8 heteroatoms. The smallest absolute Gasteiger partial charge is 0.158 e. The maximum atomic E-state index is 6.44. The van der Waals surface area contributed by atoms with Crippen LogP contribution in [0.4, 0.5) is 0 Å². The molecule has 0 aliphatic rings. The Bertz CT molecular complexity index is 2900. The second-order valence-electron chi connectivity index (χ2n) is 17.7. The fraction of sp³-hybridized carbons (Fsp3) is 0.245. The van der Waals surface area contributed by atoms with E-state index >= 15 is 0 Å². The second-order valence-corrected chi connectivity index (χ2v) is 28.3. The first-order valence-corrected chi connectivity index (χ1v) is 28.4. The van der Waals surface area contributed by atoms with Gasteiger partial charge in [-0.25, -0.2) is 9.97 Å². The standard InChI is InChI=1S/C35H29N4O.C18H24GeN.Ir/c1-21(2)28-17-24(23-11-6-5-7-12-23)18-29(22(3)4)32(28)39-34(38-30-19-36-20-37-35(30)39)27-15-10-14-26-25-13-8-9-16-31(25)40-33(26)27;1-14(2)11-16-12-18(15-9-7-6-8-10-15)20-13-17(16)19(3,4)5;/h5-14,16-22H,1-4H3;6-9,12-14H,11H2,1-5H3;/q2*-1;. The fourth-order valence-corrected chi connectivity index (χ4v) is 11.5. The summed E-state index contributed by atoms with van der Waals surface area (Å²) in [7, 11) is 0. The SMILES string of the molecule is CC(C)Cc1cc(-c2[c-]cccc2)nc[c]1[Ge]([CH3])([CH3])[CH3].CC(C)c1cc(-c2ccccc2)cc(C(C)C)c1-n1c(-c2[c-]ccc3c2oc2ccccc23)nc2cncnc21.[Ir]. The first-order chi connectivity index (χ1) is 28.9. The molecule has 4 aromatic heterocycles. The van der Waals surface area contributed by atoms with Gasteiger partial charge in [0, 0.05) is 31.2 Å². The van der Waals surface area contributed by atoms with E-state index in [1.807, 2.05) is 42.5 Å². The Labute approximate surface area is 376 Å². The topological polar surface area (TPSA) is 69.6 Å². The third-order valence-electron chi connectivity index (χ3n) is 11.0. The van der Waals surface area contributed by atoms with E-state index in [-0.39, 0.29) is 31.9 Å². The van der Waals surface area contributed by atoms with Gasteiger partial charge in [-0.3, -0.25) is 4.98 Å². The number of fused-ring (bicyclic) bond motifs is 4.